The molecule has 126 valence electrons. The van der Waals surface area contributed by atoms with Crippen molar-refractivity contribution in [2.45, 2.75) is 25.1 Å². The van der Waals surface area contributed by atoms with E-state index in [9.17, 15) is 18.0 Å². The third kappa shape index (κ3) is 5.38. The van der Waals surface area contributed by atoms with Gasteiger partial charge in [-0.2, -0.15) is 13.2 Å². The molecule has 0 spiro atoms. The average molecular weight is 345 g/mol. The van der Waals surface area contributed by atoms with Gasteiger partial charge in [-0.1, -0.05) is 30.3 Å². The van der Waals surface area contributed by atoms with Crippen LogP contribution in [0.5, 0.6) is 0 Å². The molecule has 1 fully saturated rings. The Morgan fingerprint density at radius 2 is 2.00 bits per heavy atom. The molecule has 2 N–H and O–H groups in total. The maximum absolute atomic E-state index is 12.2. The molecule has 1 saturated heterocycles. The van der Waals surface area contributed by atoms with Crippen molar-refractivity contribution in [3.05, 3.63) is 35.9 Å². The van der Waals surface area contributed by atoms with Crippen LogP contribution in [0.4, 0.5) is 13.2 Å². The molecule has 1 atom stereocenters. The standard InChI is InChI=1S/C15H18F3N3OS/c16-15(17,18)13(22)20-12-7-9-21(10-12)14(23)19-8-6-11-4-2-1-3-5-11/h1-5,12H,6-10H2,(H,19,23)(H,20,22). The highest BCUT2D eigenvalue weighted by atomic mass is 32.1. The Kier molecular flexibility index (Phi) is 5.81. The van der Waals surface area contributed by atoms with Crippen LogP contribution >= 0.6 is 12.2 Å². The second kappa shape index (κ2) is 7.63. The van der Waals surface area contributed by atoms with Gasteiger partial charge in [-0.3, -0.25) is 4.79 Å². The molecule has 1 amide bonds. The number of alkyl halides is 3. The fourth-order valence-electron chi connectivity index (χ4n) is 2.40. The predicted molar refractivity (Wildman–Crippen MR) is 84.9 cm³/mol. The molecule has 0 bridgehead atoms. The Hall–Kier alpha value is -1.83. The summed E-state index contributed by atoms with van der Waals surface area (Å²) in [6, 6.07) is 9.37. The van der Waals surface area contributed by atoms with Crippen molar-refractivity contribution in [2.75, 3.05) is 19.6 Å². The molecule has 1 aromatic rings. The van der Waals surface area contributed by atoms with Crippen molar-refractivity contribution in [2.24, 2.45) is 0 Å². The van der Waals surface area contributed by atoms with Gasteiger partial charge < -0.3 is 15.5 Å². The van der Waals surface area contributed by atoms with Gasteiger partial charge in [-0.15, -0.1) is 0 Å². The Balaban J connectivity index is 1.71. The van der Waals surface area contributed by atoms with Crippen LogP contribution in [0.2, 0.25) is 0 Å². The Labute approximate surface area is 138 Å². The Morgan fingerprint density at radius 3 is 2.65 bits per heavy atom. The van der Waals surface area contributed by atoms with Crippen molar-refractivity contribution in [1.82, 2.24) is 15.5 Å². The monoisotopic (exact) mass is 345 g/mol. The number of benzene rings is 1. The van der Waals surface area contributed by atoms with Crippen LogP contribution in [-0.2, 0) is 11.2 Å². The number of carbonyl (C=O) groups excluding carboxylic acids is 1. The first-order chi connectivity index (χ1) is 10.9. The average Bonchev–Trinajstić information content (AvgIpc) is 2.96. The second-order valence-corrected chi connectivity index (χ2v) is 5.76. The fraction of sp³-hybridized carbons (Fsp3) is 0.467. The van der Waals surface area contributed by atoms with Crippen LogP contribution in [0.1, 0.15) is 12.0 Å². The summed E-state index contributed by atoms with van der Waals surface area (Å²) in [5, 5.41) is 5.60. The predicted octanol–water partition coefficient (Wildman–Crippen LogP) is 1.86. The molecule has 0 radical (unpaired) electrons. The molecule has 0 aromatic heterocycles. The Bertz CT molecular complexity index is 551. The molecule has 1 aliphatic rings. The number of rotatable bonds is 4. The maximum Gasteiger partial charge on any atom is 0.471 e. The van der Waals surface area contributed by atoms with E-state index < -0.39 is 18.1 Å². The van der Waals surface area contributed by atoms with Crippen LogP contribution in [0.15, 0.2) is 30.3 Å². The summed E-state index contributed by atoms with van der Waals surface area (Å²) in [6.07, 6.45) is -3.59. The fourth-order valence-corrected chi connectivity index (χ4v) is 2.67. The number of carbonyl (C=O) groups is 1. The van der Waals surface area contributed by atoms with Crippen LogP contribution in [0.3, 0.4) is 0 Å². The molecule has 23 heavy (non-hydrogen) atoms. The third-order valence-electron chi connectivity index (χ3n) is 3.60. The molecule has 8 heteroatoms. The number of thiocarbonyl (C=S) groups is 1. The van der Waals surface area contributed by atoms with E-state index in [0.29, 0.717) is 31.2 Å². The van der Waals surface area contributed by atoms with Crippen LogP contribution in [-0.4, -0.2) is 47.8 Å². The van der Waals surface area contributed by atoms with Crippen molar-refractivity contribution in [3.8, 4) is 0 Å². The van der Waals surface area contributed by atoms with E-state index >= 15 is 0 Å². The summed E-state index contributed by atoms with van der Waals surface area (Å²) in [7, 11) is 0. The lowest BCUT2D eigenvalue weighted by Crippen LogP contribution is -2.46. The topological polar surface area (TPSA) is 44.4 Å². The van der Waals surface area contributed by atoms with Gasteiger partial charge in [0.25, 0.3) is 0 Å². The van der Waals surface area contributed by atoms with E-state index in [0.717, 1.165) is 6.42 Å². The highest BCUT2D eigenvalue weighted by molar-refractivity contribution is 7.80. The number of nitrogens with one attached hydrogen (secondary N) is 2. The molecule has 2 rings (SSSR count). The van der Waals surface area contributed by atoms with E-state index in [1.807, 2.05) is 35.6 Å². The van der Waals surface area contributed by atoms with Crippen molar-refractivity contribution < 1.29 is 18.0 Å². The van der Waals surface area contributed by atoms with Crippen molar-refractivity contribution >= 4 is 23.2 Å². The lowest BCUT2D eigenvalue weighted by atomic mass is 10.1. The number of hydrogen-bond acceptors (Lipinski definition) is 2. The number of hydrogen-bond donors (Lipinski definition) is 2. The highest BCUT2D eigenvalue weighted by Crippen LogP contribution is 2.17. The quantitative estimate of drug-likeness (QED) is 0.818. The zero-order valence-corrected chi connectivity index (χ0v) is 13.2. The van der Waals surface area contributed by atoms with E-state index in [1.54, 1.807) is 4.90 Å². The molecule has 4 nitrogen and oxygen atoms in total. The van der Waals surface area contributed by atoms with E-state index in [1.165, 1.54) is 5.56 Å². The van der Waals surface area contributed by atoms with Gasteiger partial charge in [-0.25, -0.2) is 0 Å². The smallest absolute Gasteiger partial charge is 0.362 e. The van der Waals surface area contributed by atoms with E-state index in [4.69, 9.17) is 12.2 Å². The van der Waals surface area contributed by atoms with Crippen LogP contribution in [0.25, 0.3) is 0 Å². The largest absolute Gasteiger partial charge is 0.471 e. The molecule has 0 saturated carbocycles. The number of halogens is 3. The Morgan fingerprint density at radius 1 is 1.30 bits per heavy atom. The highest BCUT2D eigenvalue weighted by Gasteiger charge is 2.40. The van der Waals surface area contributed by atoms with Crippen molar-refractivity contribution in [1.29, 1.82) is 0 Å². The summed E-state index contributed by atoms with van der Waals surface area (Å²) in [5.74, 6) is -1.90. The first kappa shape index (κ1) is 17.5. The van der Waals surface area contributed by atoms with Gasteiger partial charge in [0, 0.05) is 25.7 Å². The number of amides is 1. The molecule has 1 unspecified atom stereocenters. The van der Waals surface area contributed by atoms with Gasteiger partial charge >= 0.3 is 12.1 Å². The third-order valence-corrected chi connectivity index (χ3v) is 4.00. The van der Waals surface area contributed by atoms with Gasteiger partial charge in [0.05, 0.1) is 0 Å². The zero-order valence-electron chi connectivity index (χ0n) is 12.4. The summed E-state index contributed by atoms with van der Waals surface area (Å²) in [4.78, 5) is 12.7. The van der Waals surface area contributed by atoms with Gasteiger partial charge in [0.1, 0.15) is 0 Å². The summed E-state index contributed by atoms with van der Waals surface area (Å²) in [6.45, 7) is 1.47. The molecule has 1 heterocycles. The molecular weight excluding hydrogens is 327 g/mol. The first-order valence-corrected chi connectivity index (χ1v) is 7.71. The number of nitrogens with zero attached hydrogens (tertiary/aromatic N) is 1. The van der Waals surface area contributed by atoms with Gasteiger partial charge in [-0.05, 0) is 30.6 Å². The summed E-state index contributed by atoms with van der Waals surface area (Å²) >= 11 is 5.25. The first-order valence-electron chi connectivity index (χ1n) is 7.30. The normalized spacial score (nSPS) is 17.9. The minimum absolute atomic E-state index is 0.291. The number of likely N-dealkylation sites (tertiary alicyclic amines) is 1. The molecule has 1 aromatic carbocycles. The van der Waals surface area contributed by atoms with Crippen molar-refractivity contribution in [3.63, 3.8) is 0 Å². The lowest BCUT2D eigenvalue weighted by molar-refractivity contribution is -0.174. The minimum atomic E-state index is -4.85. The molecular formula is C15H18F3N3OS. The van der Waals surface area contributed by atoms with E-state index in [2.05, 4.69) is 5.32 Å². The van der Waals surface area contributed by atoms with E-state index in [-0.39, 0.29) is 0 Å². The van der Waals surface area contributed by atoms with Gasteiger partial charge in [0.2, 0.25) is 0 Å². The zero-order chi connectivity index (χ0) is 16.9. The lowest BCUT2D eigenvalue weighted by Gasteiger charge is -2.21. The van der Waals surface area contributed by atoms with Crippen LogP contribution in [0, 0.1) is 0 Å². The molecule has 1 aliphatic heterocycles. The SMILES string of the molecule is O=C(NC1CCN(C(=S)NCCc2ccccc2)C1)C(F)(F)F. The molecule has 0 aliphatic carbocycles. The summed E-state index contributed by atoms with van der Waals surface area (Å²) in [5.41, 5.74) is 1.18. The second-order valence-electron chi connectivity index (χ2n) is 5.37. The maximum atomic E-state index is 12.2. The minimum Gasteiger partial charge on any atom is -0.362 e. The van der Waals surface area contributed by atoms with Crippen LogP contribution < -0.4 is 10.6 Å². The summed E-state index contributed by atoms with van der Waals surface area (Å²) < 4.78 is 36.7. The van der Waals surface area contributed by atoms with Gasteiger partial charge in [0.15, 0.2) is 5.11 Å².